The second-order valence-corrected chi connectivity index (χ2v) is 6.24. The van der Waals surface area contributed by atoms with Crippen LogP contribution >= 0.6 is 11.3 Å². The van der Waals surface area contributed by atoms with Crippen molar-refractivity contribution < 1.29 is 18.9 Å². The molecule has 0 amide bonds. The molecule has 0 saturated heterocycles. The summed E-state index contributed by atoms with van der Waals surface area (Å²) in [5.41, 5.74) is 4.37. The van der Waals surface area contributed by atoms with E-state index >= 15 is 0 Å². The van der Waals surface area contributed by atoms with E-state index in [0.717, 1.165) is 10.6 Å². The van der Waals surface area contributed by atoms with Crippen LogP contribution < -0.4 is 10.4 Å². The van der Waals surface area contributed by atoms with E-state index in [1.165, 1.54) is 4.70 Å². The maximum absolute atomic E-state index is 5.58. The van der Waals surface area contributed by atoms with Crippen LogP contribution in [0, 0.1) is 0 Å². The number of hydrogen-bond acceptors (Lipinski definition) is 8. The molecule has 0 fully saturated rings. The molecule has 140 valence electrons. The average Bonchev–Trinajstić information content (AvgIpc) is 3.06. The highest BCUT2D eigenvalue weighted by atomic mass is 32.1. The summed E-state index contributed by atoms with van der Waals surface area (Å²) in [4.78, 5) is 4.70. The Morgan fingerprint density at radius 3 is 2.40 bits per heavy atom. The number of fused-ring (bicyclic) bond motifs is 1. The first-order chi connectivity index (χ1) is 12.3. The number of nitrogens with zero attached hydrogens (tertiary/aromatic N) is 2. The van der Waals surface area contributed by atoms with Gasteiger partial charge < -0.3 is 18.9 Å². The maximum atomic E-state index is 5.58. The first-order valence-electron chi connectivity index (χ1n) is 8.35. The van der Waals surface area contributed by atoms with Gasteiger partial charge in [0, 0.05) is 20.8 Å². The van der Waals surface area contributed by atoms with E-state index in [1.54, 1.807) is 25.6 Å². The number of benzene rings is 1. The minimum Gasteiger partial charge on any atom is -0.382 e. The number of rotatable bonds is 14. The van der Waals surface area contributed by atoms with Gasteiger partial charge in [-0.05, 0) is 12.1 Å². The van der Waals surface area contributed by atoms with Gasteiger partial charge in [0.2, 0.25) is 5.13 Å². The van der Waals surface area contributed by atoms with Crippen molar-refractivity contribution in [1.29, 1.82) is 0 Å². The van der Waals surface area contributed by atoms with Crippen LogP contribution in [0.25, 0.3) is 10.2 Å². The van der Waals surface area contributed by atoms with Crippen molar-refractivity contribution >= 4 is 26.7 Å². The van der Waals surface area contributed by atoms with Gasteiger partial charge in [0.1, 0.15) is 0 Å². The van der Waals surface area contributed by atoms with Crippen LogP contribution in [-0.4, -0.2) is 71.9 Å². The first-order valence-corrected chi connectivity index (χ1v) is 9.16. The molecule has 0 aliphatic heterocycles. The van der Waals surface area contributed by atoms with Crippen molar-refractivity contribution in [3.8, 4) is 0 Å². The number of nitrogens with one attached hydrogen (secondary N) is 1. The van der Waals surface area contributed by atoms with Crippen LogP contribution in [0.4, 0.5) is 5.13 Å². The van der Waals surface area contributed by atoms with E-state index in [2.05, 4.69) is 11.5 Å². The highest BCUT2D eigenvalue weighted by Crippen LogP contribution is 2.27. The Kier molecular flexibility index (Phi) is 9.71. The minimum absolute atomic E-state index is 0.588. The van der Waals surface area contributed by atoms with Crippen LogP contribution in [0.3, 0.4) is 0 Å². The van der Waals surface area contributed by atoms with Crippen molar-refractivity contribution in [3.05, 3.63) is 24.3 Å². The summed E-state index contributed by atoms with van der Waals surface area (Å²) >= 11 is 1.66. The van der Waals surface area contributed by atoms with Gasteiger partial charge >= 0.3 is 0 Å². The summed E-state index contributed by atoms with van der Waals surface area (Å²) in [5, 5.41) is 2.95. The van der Waals surface area contributed by atoms with Gasteiger partial charge in [-0.3, -0.25) is 5.01 Å². The lowest BCUT2D eigenvalue weighted by Gasteiger charge is -2.22. The first kappa shape index (κ1) is 20.0. The summed E-state index contributed by atoms with van der Waals surface area (Å²) < 4.78 is 22.2. The highest BCUT2D eigenvalue weighted by molar-refractivity contribution is 7.22. The Labute approximate surface area is 152 Å². The van der Waals surface area contributed by atoms with Crippen molar-refractivity contribution in [2.24, 2.45) is 0 Å². The van der Waals surface area contributed by atoms with E-state index < -0.39 is 0 Å². The monoisotopic (exact) mass is 369 g/mol. The van der Waals surface area contributed by atoms with E-state index in [1.807, 2.05) is 23.2 Å². The van der Waals surface area contributed by atoms with Crippen molar-refractivity contribution in [2.75, 3.05) is 72.0 Å². The largest absolute Gasteiger partial charge is 0.382 e. The molecule has 1 N–H and O–H groups in total. The zero-order valence-electron chi connectivity index (χ0n) is 14.9. The van der Waals surface area contributed by atoms with Crippen LogP contribution in [0.1, 0.15) is 0 Å². The van der Waals surface area contributed by atoms with E-state index in [4.69, 9.17) is 23.9 Å². The molecular weight excluding hydrogens is 342 g/mol. The average molecular weight is 369 g/mol. The predicted molar refractivity (Wildman–Crippen MR) is 100 cm³/mol. The molecule has 0 radical (unpaired) electrons. The molecular formula is C17H27N3O4S. The van der Waals surface area contributed by atoms with Gasteiger partial charge in [-0.2, -0.15) is 0 Å². The molecule has 0 bridgehead atoms. The Morgan fingerprint density at radius 2 is 1.68 bits per heavy atom. The van der Waals surface area contributed by atoms with Crippen molar-refractivity contribution in [2.45, 2.75) is 0 Å². The van der Waals surface area contributed by atoms with Gasteiger partial charge in [-0.1, -0.05) is 23.5 Å². The molecule has 2 rings (SSSR count). The number of hydrogen-bond donors (Lipinski definition) is 1. The molecule has 25 heavy (non-hydrogen) atoms. The van der Waals surface area contributed by atoms with Crippen LogP contribution in [0.5, 0.6) is 0 Å². The third-order valence-corrected chi connectivity index (χ3v) is 4.44. The van der Waals surface area contributed by atoms with E-state index in [9.17, 15) is 0 Å². The zero-order valence-corrected chi connectivity index (χ0v) is 15.7. The standard InChI is InChI=1S/C17H27N3O4S/c1-21-11-13-23-9-7-18-20(8-10-24-14-12-22-2)17-19-15-5-3-4-6-16(15)25-17/h3-6,18H,7-14H2,1-2H3. The number of methoxy groups -OCH3 is 2. The molecule has 1 heterocycles. The summed E-state index contributed by atoms with van der Waals surface area (Å²) in [5.74, 6) is 0. The number of aromatic nitrogens is 1. The highest BCUT2D eigenvalue weighted by Gasteiger charge is 2.11. The Balaban J connectivity index is 1.86. The molecule has 0 aliphatic carbocycles. The zero-order chi connectivity index (χ0) is 17.7. The predicted octanol–water partition coefficient (Wildman–Crippen LogP) is 1.93. The molecule has 0 spiro atoms. The van der Waals surface area contributed by atoms with Gasteiger partial charge in [0.15, 0.2) is 0 Å². The SMILES string of the molecule is COCCOCCNN(CCOCCOC)c1nc2ccccc2s1. The third-order valence-electron chi connectivity index (χ3n) is 3.39. The fraction of sp³-hybridized carbons (Fsp3) is 0.588. The molecule has 2 aromatic rings. The van der Waals surface area contributed by atoms with Gasteiger partial charge in [0.05, 0.1) is 56.4 Å². The number of hydrazine groups is 1. The smallest absolute Gasteiger partial charge is 0.201 e. The summed E-state index contributed by atoms with van der Waals surface area (Å²) in [6, 6.07) is 8.13. The maximum Gasteiger partial charge on any atom is 0.201 e. The summed E-state index contributed by atoms with van der Waals surface area (Å²) in [6.07, 6.45) is 0. The Hall–Kier alpha value is -1.29. The lowest BCUT2D eigenvalue weighted by atomic mass is 10.3. The van der Waals surface area contributed by atoms with Crippen LogP contribution in [0.15, 0.2) is 24.3 Å². The topological polar surface area (TPSA) is 65.1 Å². The normalized spacial score (nSPS) is 11.3. The molecule has 8 heteroatoms. The van der Waals surface area contributed by atoms with Crippen LogP contribution in [-0.2, 0) is 18.9 Å². The second kappa shape index (κ2) is 12.1. The fourth-order valence-electron chi connectivity index (χ4n) is 2.12. The number of thiazole rings is 1. The summed E-state index contributed by atoms with van der Waals surface area (Å²) in [7, 11) is 3.34. The molecule has 1 aromatic heterocycles. The number of para-hydroxylation sites is 1. The molecule has 0 unspecified atom stereocenters. The van der Waals surface area contributed by atoms with Crippen molar-refractivity contribution in [1.82, 2.24) is 10.4 Å². The summed E-state index contributed by atoms with van der Waals surface area (Å²) in [6.45, 7) is 4.98. The van der Waals surface area contributed by atoms with Gasteiger partial charge in [-0.15, -0.1) is 0 Å². The van der Waals surface area contributed by atoms with E-state index in [-0.39, 0.29) is 0 Å². The Bertz CT molecular complexity index is 563. The lowest BCUT2D eigenvalue weighted by molar-refractivity contribution is 0.0682. The molecule has 0 atom stereocenters. The molecule has 7 nitrogen and oxygen atoms in total. The Morgan fingerprint density at radius 1 is 0.960 bits per heavy atom. The number of anilines is 1. The van der Waals surface area contributed by atoms with Gasteiger partial charge in [0.25, 0.3) is 0 Å². The van der Waals surface area contributed by atoms with Gasteiger partial charge in [-0.25, -0.2) is 10.4 Å². The minimum atomic E-state index is 0.588. The fourth-order valence-corrected chi connectivity index (χ4v) is 3.09. The lowest BCUT2D eigenvalue weighted by Crippen LogP contribution is -2.42. The number of ether oxygens (including phenoxy) is 4. The molecule has 0 aliphatic rings. The third kappa shape index (κ3) is 7.23. The van der Waals surface area contributed by atoms with Crippen LogP contribution in [0.2, 0.25) is 0 Å². The molecule has 1 aromatic carbocycles. The molecule has 0 saturated carbocycles. The van der Waals surface area contributed by atoms with E-state index in [0.29, 0.717) is 52.7 Å². The second-order valence-electron chi connectivity index (χ2n) is 5.23. The quantitative estimate of drug-likeness (QED) is 0.403. The van der Waals surface area contributed by atoms with Crippen molar-refractivity contribution in [3.63, 3.8) is 0 Å².